The quantitative estimate of drug-likeness (QED) is 0.467. The summed E-state index contributed by atoms with van der Waals surface area (Å²) in [5, 5.41) is 0.373. The number of halogens is 2. The molecule has 0 fully saturated rings. The van der Waals surface area contributed by atoms with Gasteiger partial charge in [-0.2, -0.15) is 10.6 Å². The highest BCUT2D eigenvalue weighted by Crippen LogP contribution is 2.56. The Kier molecular flexibility index (Phi) is 7.23. The van der Waals surface area contributed by atoms with E-state index in [1.54, 1.807) is 25.1 Å². The lowest BCUT2D eigenvalue weighted by atomic mass is 9.97. The largest absolute Gasteiger partial charge is 0.462 e. The Morgan fingerprint density at radius 2 is 1.90 bits per heavy atom. The number of hydrogen-bond donors (Lipinski definition) is 2. The van der Waals surface area contributed by atoms with Crippen LogP contribution in [-0.4, -0.2) is 57.8 Å². The van der Waals surface area contributed by atoms with Crippen LogP contribution in [0.15, 0.2) is 28.1 Å². The highest BCUT2D eigenvalue weighted by atomic mass is 35.5. The topological polar surface area (TPSA) is 118 Å². The predicted octanol–water partition coefficient (Wildman–Crippen LogP) is 4.63. The first kappa shape index (κ1) is 23.5. The van der Waals surface area contributed by atoms with Crippen molar-refractivity contribution in [1.82, 2.24) is 4.98 Å². The molecule has 0 amide bonds. The van der Waals surface area contributed by atoms with Crippen molar-refractivity contribution in [2.24, 2.45) is 4.99 Å². The second kappa shape index (κ2) is 9.54. The third-order valence-corrected chi connectivity index (χ3v) is 7.09. The Bertz CT molecular complexity index is 1070. The van der Waals surface area contributed by atoms with Crippen molar-refractivity contribution in [2.75, 3.05) is 25.5 Å². The number of esters is 2. The van der Waals surface area contributed by atoms with Crippen LogP contribution >= 0.6 is 33.8 Å². The first-order chi connectivity index (χ1) is 14.6. The number of ether oxygens (including phenoxy) is 2. The van der Waals surface area contributed by atoms with E-state index in [0.717, 1.165) is 0 Å². The van der Waals surface area contributed by atoms with Gasteiger partial charge in [0.2, 0.25) is 0 Å². The van der Waals surface area contributed by atoms with E-state index in [1.165, 1.54) is 13.1 Å². The van der Waals surface area contributed by atoms with Crippen LogP contribution in [-0.2, 0) is 14.3 Å². The molecule has 31 heavy (non-hydrogen) atoms. The molecule has 0 bridgehead atoms. The van der Waals surface area contributed by atoms with Gasteiger partial charge in [0.15, 0.2) is 0 Å². The average molecular weight is 487 g/mol. The van der Waals surface area contributed by atoms with Gasteiger partial charge in [-0.3, -0.25) is 18.9 Å². The van der Waals surface area contributed by atoms with E-state index in [9.17, 15) is 18.7 Å². The summed E-state index contributed by atoms with van der Waals surface area (Å²) in [7, 11) is -3.36. The third kappa shape index (κ3) is 5.02. The summed E-state index contributed by atoms with van der Waals surface area (Å²) in [6, 6.07) is 4.84. The van der Waals surface area contributed by atoms with E-state index in [-0.39, 0.29) is 63.0 Å². The van der Waals surface area contributed by atoms with Gasteiger partial charge in [-0.15, -0.1) is 0 Å². The average Bonchev–Trinajstić information content (AvgIpc) is 2.84. The van der Waals surface area contributed by atoms with E-state index >= 15 is 0 Å². The Hall–Kier alpha value is -2.17. The van der Waals surface area contributed by atoms with Crippen molar-refractivity contribution >= 4 is 51.9 Å². The van der Waals surface area contributed by atoms with Crippen molar-refractivity contribution in [3.05, 3.63) is 45.2 Å². The minimum Gasteiger partial charge on any atom is -0.462 e. The predicted molar refractivity (Wildman–Crippen MR) is 120 cm³/mol. The molecule has 0 unspecified atom stereocenters. The Morgan fingerprint density at radius 1 is 1.19 bits per heavy atom. The molecule has 8 nitrogen and oxygen atoms in total. The molecule has 11 heteroatoms. The summed E-state index contributed by atoms with van der Waals surface area (Å²) in [5.41, 5.74) is 1.04. The van der Waals surface area contributed by atoms with E-state index < -0.39 is 22.5 Å². The minimum absolute atomic E-state index is 0.0148. The van der Waals surface area contributed by atoms with Crippen LogP contribution in [0.3, 0.4) is 0 Å². The number of aromatic nitrogens is 1. The smallest absolute Gasteiger partial charge is 0.340 e. The van der Waals surface area contributed by atoms with Gasteiger partial charge in [0, 0.05) is 24.3 Å². The van der Waals surface area contributed by atoms with Crippen LogP contribution in [0.1, 0.15) is 28.7 Å². The molecular formula is C20H20Cl2N2O6S. The fourth-order valence-corrected chi connectivity index (χ4v) is 5.09. The molecule has 0 saturated carbocycles. The summed E-state index contributed by atoms with van der Waals surface area (Å²) in [6.45, 7) is 2.72. The van der Waals surface area contributed by atoms with Crippen LogP contribution in [0.2, 0.25) is 10.0 Å². The number of benzene rings is 1. The van der Waals surface area contributed by atoms with Crippen LogP contribution < -0.4 is 0 Å². The van der Waals surface area contributed by atoms with Gasteiger partial charge in [-0.05, 0) is 13.0 Å². The lowest BCUT2D eigenvalue weighted by Crippen LogP contribution is -2.18. The SMILES string of the molecule is CC(=O)OCCOC(=O)c1c(C)nc2c(c1-c1cccc(Cl)c1Cl)S(O)(O)CCN=C2. The molecule has 1 aliphatic rings. The van der Waals surface area contributed by atoms with Crippen LogP contribution in [0.4, 0.5) is 0 Å². The maximum Gasteiger partial charge on any atom is 0.340 e. The number of rotatable bonds is 5. The number of carbonyl (C=O) groups is 2. The molecule has 1 aliphatic heterocycles. The summed E-state index contributed by atoms with van der Waals surface area (Å²) < 4.78 is 31.9. The zero-order valence-electron chi connectivity index (χ0n) is 16.7. The molecule has 0 aliphatic carbocycles. The Morgan fingerprint density at radius 3 is 2.61 bits per heavy atom. The number of nitrogens with zero attached hydrogens (tertiary/aromatic N) is 2. The summed E-state index contributed by atoms with van der Waals surface area (Å²) >= 11 is 12.6. The Labute approximate surface area is 190 Å². The van der Waals surface area contributed by atoms with Gasteiger partial charge in [0.1, 0.15) is 18.9 Å². The summed E-state index contributed by atoms with van der Waals surface area (Å²) in [4.78, 5) is 32.5. The van der Waals surface area contributed by atoms with Crippen molar-refractivity contribution in [2.45, 2.75) is 18.7 Å². The van der Waals surface area contributed by atoms with E-state index in [1.807, 2.05) is 0 Å². The van der Waals surface area contributed by atoms with Gasteiger partial charge in [-0.25, -0.2) is 9.78 Å². The zero-order valence-corrected chi connectivity index (χ0v) is 19.1. The lowest BCUT2D eigenvalue weighted by molar-refractivity contribution is -0.142. The number of fused-ring (bicyclic) bond motifs is 1. The van der Waals surface area contributed by atoms with Gasteiger partial charge < -0.3 is 9.47 Å². The van der Waals surface area contributed by atoms with Gasteiger partial charge >= 0.3 is 11.9 Å². The highest BCUT2D eigenvalue weighted by molar-refractivity contribution is 8.24. The summed E-state index contributed by atoms with van der Waals surface area (Å²) in [6.07, 6.45) is 1.45. The van der Waals surface area contributed by atoms with Crippen LogP contribution in [0.25, 0.3) is 11.1 Å². The van der Waals surface area contributed by atoms with Gasteiger partial charge in [0.25, 0.3) is 0 Å². The first-order valence-electron chi connectivity index (χ1n) is 9.18. The molecule has 0 radical (unpaired) electrons. The fourth-order valence-electron chi connectivity index (χ4n) is 3.16. The normalized spacial score (nSPS) is 15.5. The minimum atomic E-state index is -3.36. The van der Waals surface area contributed by atoms with E-state index in [0.29, 0.717) is 5.56 Å². The van der Waals surface area contributed by atoms with Crippen LogP contribution in [0, 0.1) is 6.92 Å². The van der Waals surface area contributed by atoms with Gasteiger partial charge in [-0.1, -0.05) is 35.3 Å². The third-order valence-electron chi connectivity index (χ3n) is 4.45. The summed E-state index contributed by atoms with van der Waals surface area (Å²) in [5.74, 6) is -1.31. The van der Waals surface area contributed by atoms with Crippen molar-refractivity contribution in [3.63, 3.8) is 0 Å². The monoisotopic (exact) mass is 486 g/mol. The highest BCUT2D eigenvalue weighted by Gasteiger charge is 2.33. The zero-order chi connectivity index (χ0) is 22.8. The number of hydrogen-bond acceptors (Lipinski definition) is 8. The molecule has 1 aromatic heterocycles. The van der Waals surface area contributed by atoms with Crippen molar-refractivity contribution in [3.8, 4) is 11.1 Å². The maximum absolute atomic E-state index is 13.0. The molecule has 2 N–H and O–H groups in total. The molecule has 2 heterocycles. The number of carbonyl (C=O) groups excluding carboxylic acids is 2. The van der Waals surface area contributed by atoms with E-state index in [4.69, 9.17) is 32.7 Å². The molecule has 3 rings (SSSR count). The molecular weight excluding hydrogens is 467 g/mol. The molecule has 2 aromatic rings. The van der Waals surface area contributed by atoms with Crippen LogP contribution in [0.5, 0.6) is 0 Å². The fraction of sp³-hybridized carbons (Fsp3) is 0.300. The molecule has 0 saturated heterocycles. The number of pyridine rings is 1. The molecule has 166 valence electrons. The second-order valence-electron chi connectivity index (χ2n) is 6.65. The standard InChI is InChI=1S/C20H20Cl2N2O6S/c1-11-16(20(26)30-8-7-29-12(2)25)17(13-4-3-5-14(21)18(13)22)19-15(24-11)10-23-6-9-31(19,27)28/h3-5,10,27-28H,6-9H2,1-2H3. The molecule has 1 aromatic carbocycles. The van der Waals surface area contributed by atoms with Gasteiger partial charge in [0.05, 0.1) is 38.5 Å². The molecule has 0 spiro atoms. The van der Waals surface area contributed by atoms with E-state index in [2.05, 4.69) is 9.98 Å². The lowest BCUT2D eigenvalue weighted by Gasteiger charge is -2.34. The molecule has 0 atom stereocenters. The number of aliphatic imine (C=N–C) groups is 1. The van der Waals surface area contributed by atoms with Crippen molar-refractivity contribution < 1.29 is 28.2 Å². The maximum atomic E-state index is 13.0. The Balaban J connectivity index is 2.22. The van der Waals surface area contributed by atoms with Crippen molar-refractivity contribution in [1.29, 1.82) is 0 Å². The second-order valence-corrected chi connectivity index (χ2v) is 9.58. The number of aryl methyl sites for hydroxylation is 1. The first-order valence-corrected chi connectivity index (χ1v) is 11.7.